The normalized spacial score (nSPS) is 11.4. The van der Waals surface area contributed by atoms with E-state index in [1.807, 2.05) is 19.1 Å². The Labute approximate surface area is 98.0 Å². The molecule has 1 atom stereocenters. The molecule has 2 nitrogen and oxygen atoms in total. The molecular formula is C14H19NO. The fourth-order valence-electron chi connectivity index (χ4n) is 1.49. The number of nitrogens with one attached hydrogen (secondary N) is 1. The van der Waals surface area contributed by atoms with Gasteiger partial charge >= 0.3 is 0 Å². The van der Waals surface area contributed by atoms with E-state index in [-0.39, 0.29) is 0 Å². The Morgan fingerprint density at radius 1 is 1.44 bits per heavy atom. The summed E-state index contributed by atoms with van der Waals surface area (Å²) < 4.78 is 5.51. The molecule has 0 spiro atoms. The van der Waals surface area contributed by atoms with Crippen molar-refractivity contribution in [1.29, 1.82) is 0 Å². The van der Waals surface area contributed by atoms with Gasteiger partial charge in [0.25, 0.3) is 0 Å². The second-order valence-electron chi connectivity index (χ2n) is 3.57. The van der Waals surface area contributed by atoms with Gasteiger partial charge in [-0.05, 0) is 38.1 Å². The molecule has 16 heavy (non-hydrogen) atoms. The van der Waals surface area contributed by atoms with Gasteiger partial charge in [-0.2, -0.15) is 0 Å². The maximum atomic E-state index is 5.51. The third-order valence-corrected chi connectivity index (χ3v) is 2.36. The molecule has 0 bridgehead atoms. The summed E-state index contributed by atoms with van der Waals surface area (Å²) in [5.74, 6) is 6.57. The zero-order valence-corrected chi connectivity index (χ0v) is 10.2. The van der Waals surface area contributed by atoms with Gasteiger partial charge in [0.1, 0.15) is 12.4 Å². The highest BCUT2D eigenvalue weighted by molar-refractivity contribution is 5.30. The Morgan fingerprint density at radius 2 is 2.25 bits per heavy atom. The van der Waals surface area contributed by atoms with Crippen LogP contribution in [0.25, 0.3) is 0 Å². The van der Waals surface area contributed by atoms with E-state index in [0.717, 1.165) is 12.3 Å². The van der Waals surface area contributed by atoms with Crippen LogP contribution in [-0.4, -0.2) is 13.2 Å². The molecule has 0 saturated carbocycles. The second-order valence-corrected chi connectivity index (χ2v) is 3.57. The summed E-state index contributed by atoms with van der Waals surface area (Å²) in [6.45, 7) is 7.48. The van der Waals surface area contributed by atoms with Gasteiger partial charge in [0.2, 0.25) is 0 Å². The molecule has 2 heteroatoms. The van der Waals surface area contributed by atoms with E-state index in [0.29, 0.717) is 12.6 Å². The van der Waals surface area contributed by atoms with Crippen molar-refractivity contribution in [2.45, 2.75) is 26.8 Å². The van der Waals surface area contributed by atoms with Crippen molar-refractivity contribution < 1.29 is 4.74 Å². The van der Waals surface area contributed by atoms with E-state index < -0.39 is 0 Å². The predicted octanol–water partition coefficient (Wildman–Crippen LogP) is 2.76. The lowest BCUT2D eigenvalue weighted by Crippen LogP contribution is -2.17. The van der Waals surface area contributed by atoms with Crippen LogP contribution in [0.2, 0.25) is 0 Å². The Kier molecular flexibility index (Phi) is 5.45. The molecule has 0 radical (unpaired) electrons. The quantitative estimate of drug-likeness (QED) is 0.766. The molecule has 1 N–H and O–H groups in total. The van der Waals surface area contributed by atoms with Gasteiger partial charge in [-0.15, -0.1) is 5.92 Å². The van der Waals surface area contributed by atoms with E-state index in [2.05, 4.69) is 43.1 Å². The topological polar surface area (TPSA) is 21.3 Å². The largest absolute Gasteiger partial charge is 0.481 e. The van der Waals surface area contributed by atoms with Crippen LogP contribution in [0.1, 0.15) is 32.4 Å². The minimum atomic E-state index is 0.353. The molecule has 0 aliphatic rings. The van der Waals surface area contributed by atoms with Crippen molar-refractivity contribution >= 4 is 0 Å². The van der Waals surface area contributed by atoms with Crippen LogP contribution in [0, 0.1) is 11.8 Å². The molecule has 0 aromatic heterocycles. The zero-order chi connectivity index (χ0) is 11.8. The molecular weight excluding hydrogens is 198 g/mol. The summed E-state index contributed by atoms with van der Waals surface area (Å²) in [4.78, 5) is 0. The number of hydrogen-bond acceptors (Lipinski definition) is 2. The van der Waals surface area contributed by atoms with Crippen LogP contribution in [0.15, 0.2) is 24.3 Å². The first kappa shape index (κ1) is 12.6. The highest BCUT2D eigenvalue weighted by atomic mass is 16.5. The van der Waals surface area contributed by atoms with E-state index in [1.165, 1.54) is 5.56 Å². The molecule has 0 saturated heterocycles. The number of rotatable bonds is 5. The lowest BCUT2D eigenvalue weighted by Gasteiger charge is -2.13. The van der Waals surface area contributed by atoms with Gasteiger partial charge in [0.15, 0.2) is 0 Å². The van der Waals surface area contributed by atoms with E-state index >= 15 is 0 Å². The monoisotopic (exact) mass is 217 g/mol. The molecule has 0 amide bonds. The van der Waals surface area contributed by atoms with Crippen molar-refractivity contribution in [3.8, 4) is 17.6 Å². The van der Waals surface area contributed by atoms with Crippen molar-refractivity contribution in [3.05, 3.63) is 29.8 Å². The lowest BCUT2D eigenvalue weighted by atomic mass is 10.1. The molecule has 0 fully saturated rings. The second kappa shape index (κ2) is 6.92. The lowest BCUT2D eigenvalue weighted by molar-refractivity contribution is 0.369. The highest BCUT2D eigenvalue weighted by Gasteiger charge is 2.04. The summed E-state index contributed by atoms with van der Waals surface area (Å²) in [5, 5.41) is 3.37. The minimum Gasteiger partial charge on any atom is -0.481 e. The third-order valence-electron chi connectivity index (χ3n) is 2.36. The first-order valence-corrected chi connectivity index (χ1v) is 5.63. The Balaban J connectivity index is 2.65. The molecule has 1 unspecified atom stereocenters. The van der Waals surface area contributed by atoms with Crippen molar-refractivity contribution in [2.24, 2.45) is 0 Å². The zero-order valence-electron chi connectivity index (χ0n) is 10.2. The fraction of sp³-hybridized carbons (Fsp3) is 0.429. The van der Waals surface area contributed by atoms with Gasteiger partial charge in [-0.25, -0.2) is 0 Å². The minimum absolute atomic E-state index is 0.353. The van der Waals surface area contributed by atoms with Gasteiger partial charge in [-0.1, -0.05) is 25.0 Å². The SMILES string of the molecule is CC#CCOc1cccc(C(C)NCC)c1. The number of benzene rings is 1. The van der Waals surface area contributed by atoms with Crippen LogP contribution in [0.4, 0.5) is 0 Å². The average Bonchev–Trinajstić information content (AvgIpc) is 2.30. The summed E-state index contributed by atoms with van der Waals surface area (Å²) in [7, 11) is 0. The standard InChI is InChI=1S/C14H19NO/c1-4-6-10-16-14-9-7-8-13(11-14)12(3)15-5-2/h7-9,11-12,15H,5,10H2,1-3H3. The summed E-state index contributed by atoms with van der Waals surface area (Å²) in [5.41, 5.74) is 1.24. The van der Waals surface area contributed by atoms with Gasteiger partial charge in [0.05, 0.1) is 0 Å². The van der Waals surface area contributed by atoms with Crippen molar-refractivity contribution in [2.75, 3.05) is 13.2 Å². The van der Waals surface area contributed by atoms with Crippen LogP contribution < -0.4 is 10.1 Å². The van der Waals surface area contributed by atoms with Gasteiger partial charge < -0.3 is 10.1 Å². The molecule has 0 heterocycles. The van der Waals surface area contributed by atoms with E-state index in [1.54, 1.807) is 0 Å². The van der Waals surface area contributed by atoms with Crippen LogP contribution in [0.5, 0.6) is 5.75 Å². The molecule has 0 aliphatic heterocycles. The maximum Gasteiger partial charge on any atom is 0.149 e. The van der Waals surface area contributed by atoms with Crippen LogP contribution in [0.3, 0.4) is 0 Å². The van der Waals surface area contributed by atoms with Crippen LogP contribution >= 0.6 is 0 Å². The van der Waals surface area contributed by atoms with Crippen LogP contribution in [-0.2, 0) is 0 Å². The predicted molar refractivity (Wildman–Crippen MR) is 67.5 cm³/mol. The Hall–Kier alpha value is -1.46. The molecule has 1 rings (SSSR count). The smallest absolute Gasteiger partial charge is 0.149 e. The summed E-state index contributed by atoms with van der Waals surface area (Å²) >= 11 is 0. The number of hydrogen-bond donors (Lipinski definition) is 1. The van der Waals surface area contributed by atoms with E-state index in [4.69, 9.17) is 4.74 Å². The summed E-state index contributed by atoms with van der Waals surface area (Å²) in [6, 6.07) is 8.49. The molecule has 1 aromatic rings. The molecule has 0 aliphatic carbocycles. The first-order valence-electron chi connectivity index (χ1n) is 5.63. The van der Waals surface area contributed by atoms with Gasteiger partial charge in [0, 0.05) is 6.04 Å². The maximum absolute atomic E-state index is 5.51. The highest BCUT2D eigenvalue weighted by Crippen LogP contribution is 2.18. The Bertz CT molecular complexity index is 376. The van der Waals surface area contributed by atoms with Gasteiger partial charge in [-0.3, -0.25) is 0 Å². The Morgan fingerprint density at radius 3 is 2.94 bits per heavy atom. The van der Waals surface area contributed by atoms with Crippen molar-refractivity contribution in [3.63, 3.8) is 0 Å². The van der Waals surface area contributed by atoms with E-state index in [9.17, 15) is 0 Å². The molecule has 86 valence electrons. The fourth-order valence-corrected chi connectivity index (χ4v) is 1.49. The molecule has 1 aromatic carbocycles. The first-order chi connectivity index (χ1) is 7.77. The average molecular weight is 217 g/mol. The summed E-state index contributed by atoms with van der Waals surface area (Å²) in [6.07, 6.45) is 0. The van der Waals surface area contributed by atoms with Crippen molar-refractivity contribution in [1.82, 2.24) is 5.32 Å². The third kappa shape index (κ3) is 3.96. The number of ether oxygens (including phenoxy) is 1.